The van der Waals surface area contributed by atoms with Gasteiger partial charge in [0.15, 0.2) is 0 Å². The van der Waals surface area contributed by atoms with Crippen LogP contribution in [-0.2, 0) is 4.79 Å². The maximum atomic E-state index is 12.9. The number of halogens is 2. The van der Waals surface area contributed by atoms with Crippen molar-refractivity contribution in [2.24, 2.45) is 5.92 Å². The summed E-state index contributed by atoms with van der Waals surface area (Å²) >= 11 is 0. The third-order valence-electron chi connectivity index (χ3n) is 2.80. The van der Waals surface area contributed by atoms with E-state index in [0.717, 1.165) is 13.3 Å². The Kier molecular flexibility index (Phi) is 2.32. The van der Waals surface area contributed by atoms with Crippen molar-refractivity contribution in [3.8, 4) is 0 Å². The van der Waals surface area contributed by atoms with Crippen LogP contribution in [0.3, 0.4) is 0 Å². The smallest absolute Gasteiger partial charge is 0.377 e. The van der Waals surface area contributed by atoms with Gasteiger partial charge in [-0.25, -0.2) is 4.79 Å². The number of hydrogen-bond acceptors (Lipinski definition) is 2. The van der Waals surface area contributed by atoms with E-state index in [-0.39, 0.29) is 0 Å². The van der Waals surface area contributed by atoms with Crippen LogP contribution < -0.4 is 0 Å². The molecule has 1 rings (SSSR count). The normalized spacial score (nSPS) is 23.4. The van der Waals surface area contributed by atoms with Gasteiger partial charge in [0.25, 0.3) is 0 Å². The van der Waals surface area contributed by atoms with Gasteiger partial charge in [-0.3, -0.25) is 0 Å². The monoisotopic (exact) mass is 194 g/mol. The molecule has 0 aromatic carbocycles. The lowest BCUT2D eigenvalue weighted by Crippen LogP contribution is -2.57. The minimum atomic E-state index is -4.06. The number of carbonyl (C=O) groups is 1. The van der Waals surface area contributed by atoms with E-state index in [4.69, 9.17) is 5.11 Å². The van der Waals surface area contributed by atoms with Gasteiger partial charge in [0, 0.05) is 0 Å². The number of hydrogen-bond donors (Lipinski definition) is 2. The first kappa shape index (κ1) is 10.4. The highest BCUT2D eigenvalue weighted by atomic mass is 19.3. The Bertz CT molecular complexity index is 221. The molecule has 0 saturated heterocycles. The van der Waals surface area contributed by atoms with Crippen LogP contribution >= 0.6 is 0 Å². The van der Waals surface area contributed by atoms with Gasteiger partial charge in [0.1, 0.15) is 5.60 Å². The summed E-state index contributed by atoms with van der Waals surface area (Å²) in [5.41, 5.74) is -2.42. The molecule has 1 saturated carbocycles. The lowest BCUT2D eigenvalue weighted by molar-refractivity contribution is -0.224. The molecule has 0 radical (unpaired) electrons. The molecule has 2 N–H and O–H groups in total. The Morgan fingerprint density at radius 3 is 2.15 bits per heavy atom. The summed E-state index contributed by atoms with van der Waals surface area (Å²) in [5.74, 6) is -6.92. The highest BCUT2D eigenvalue weighted by Crippen LogP contribution is 2.44. The molecule has 3 nitrogen and oxygen atoms in total. The summed E-state index contributed by atoms with van der Waals surface area (Å²) in [7, 11) is 0. The molecule has 0 aromatic heterocycles. The van der Waals surface area contributed by atoms with Gasteiger partial charge in [-0.05, 0) is 25.7 Å². The predicted molar refractivity (Wildman–Crippen MR) is 40.5 cm³/mol. The predicted octanol–water partition coefficient (Wildman–Crippen LogP) is 1.26. The second kappa shape index (κ2) is 2.90. The summed E-state index contributed by atoms with van der Waals surface area (Å²) in [6, 6.07) is 0. The highest BCUT2D eigenvalue weighted by molar-refractivity contribution is 5.77. The minimum absolute atomic E-state index is 0.468. The maximum absolute atomic E-state index is 12.9. The SMILES string of the molecule is CC(O)(C1CCC1)C(F)(F)C(=O)O. The minimum Gasteiger partial charge on any atom is -0.477 e. The van der Waals surface area contributed by atoms with Crippen LogP contribution in [0.15, 0.2) is 0 Å². The zero-order valence-corrected chi connectivity index (χ0v) is 7.26. The third-order valence-corrected chi connectivity index (χ3v) is 2.80. The molecule has 1 aliphatic carbocycles. The van der Waals surface area contributed by atoms with Crippen LogP contribution in [0.5, 0.6) is 0 Å². The van der Waals surface area contributed by atoms with Gasteiger partial charge >= 0.3 is 11.9 Å². The van der Waals surface area contributed by atoms with E-state index < -0.39 is 23.4 Å². The van der Waals surface area contributed by atoms with Crippen LogP contribution in [0.4, 0.5) is 8.78 Å². The number of aliphatic hydroxyl groups is 1. The quantitative estimate of drug-likeness (QED) is 0.711. The number of rotatable bonds is 3. The van der Waals surface area contributed by atoms with Crippen LogP contribution in [-0.4, -0.2) is 27.7 Å². The molecular formula is C8H12F2O3. The summed E-state index contributed by atoms with van der Waals surface area (Å²) in [6.07, 6.45) is 1.71. The van der Waals surface area contributed by atoms with Crippen molar-refractivity contribution in [3.63, 3.8) is 0 Å². The average molecular weight is 194 g/mol. The van der Waals surface area contributed by atoms with Crippen LogP contribution in [0.1, 0.15) is 26.2 Å². The first-order valence-electron chi connectivity index (χ1n) is 4.13. The first-order valence-corrected chi connectivity index (χ1v) is 4.13. The summed E-state index contributed by atoms with van der Waals surface area (Å²) in [4.78, 5) is 10.2. The molecule has 1 fully saturated rings. The van der Waals surface area contributed by atoms with Crippen molar-refractivity contribution in [3.05, 3.63) is 0 Å². The van der Waals surface area contributed by atoms with Crippen molar-refractivity contribution < 1.29 is 23.8 Å². The molecule has 1 atom stereocenters. The zero-order chi connectivity index (χ0) is 10.3. The van der Waals surface area contributed by atoms with E-state index in [1.165, 1.54) is 0 Å². The van der Waals surface area contributed by atoms with Gasteiger partial charge < -0.3 is 10.2 Å². The van der Waals surface area contributed by atoms with Crippen LogP contribution in [0, 0.1) is 5.92 Å². The van der Waals surface area contributed by atoms with Crippen molar-refractivity contribution in [2.75, 3.05) is 0 Å². The maximum Gasteiger partial charge on any atom is 0.377 e. The number of aliphatic carboxylic acids is 1. The number of carboxylic acid groups (broad SMARTS) is 1. The Hall–Kier alpha value is -0.710. The average Bonchev–Trinajstić information content (AvgIpc) is 1.80. The Labute approximate surface area is 74.4 Å². The molecule has 0 amide bonds. The van der Waals surface area contributed by atoms with Crippen molar-refractivity contribution in [1.29, 1.82) is 0 Å². The Morgan fingerprint density at radius 2 is 1.92 bits per heavy atom. The Balaban J connectivity index is 2.83. The molecule has 5 heteroatoms. The summed E-state index contributed by atoms with van der Waals surface area (Å²) in [5, 5.41) is 17.6. The molecule has 0 aromatic rings. The van der Waals surface area contributed by atoms with E-state index in [0.29, 0.717) is 12.8 Å². The summed E-state index contributed by atoms with van der Waals surface area (Å²) < 4.78 is 25.9. The fraction of sp³-hybridized carbons (Fsp3) is 0.875. The van der Waals surface area contributed by atoms with E-state index in [1.807, 2.05) is 0 Å². The fourth-order valence-electron chi connectivity index (χ4n) is 1.44. The summed E-state index contributed by atoms with van der Waals surface area (Å²) in [6.45, 7) is 0.894. The fourth-order valence-corrected chi connectivity index (χ4v) is 1.44. The van der Waals surface area contributed by atoms with Gasteiger partial charge in [-0.2, -0.15) is 8.78 Å². The lowest BCUT2D eigenvalue weighted by atomic mass is 9.71. The molecule has 76 valence electrons. The molecule has 1 aliphatic rings. The van der Waals surface area contributed by atoms with Gasteiger partial charge in [-0.1, -0.05) is 6.42 Å². The molecule has 0 spiro atoms. The van der Waals surface area contributed by atoms with E-state index in [1.54, 1.807) is 0 Å². The van der Waals surface area contributed by atoms with Gasteiger partial charge in [0.2, 0.25) is 0 Å². The van der Waals surface area contributed by atoms with E-state index >= 15 is 0 Å². The topological polar surface area (TPSA) is 57.5 Å². The van der Waals surface area contributed by atoms with Gasteiger partial charge in [0.05, 0.1) is 0 Å². The molecule has 0 bridgehead atoms. The van der Waals surface area contributed by atoms with Crippen LogP contribution in [0.25, 0.3) is 0 Å². The van der Waals surface area contributed by atoms with Crippen molar-refractivity contribution in [1.82, 2.24) is 0 Å². The molecule has 13 heavy (non-hydrogen) atoms. The highest BCUT2D eigenvalue weighted by Gasteiger charge is 2.60. The molecular weight excluding hydrogens is 182 g/mol. The second-order valence-electron chi connectivity index (χ2n) is 3.65. The first-order chi connectivity index (χ1) is 5.80. The van der Waals surface area contributed by atoms with Crippen LogP contribution in [0.2, 0.25) is 0 Å². The molecule has 1 unspecified atom stereocenters. The second-order valence-corrected chi connectivity index (χ2v) is 3.65. The Morgan fingerprint density at radius 1 is 1.46 bits per heavy atom. The lowest BCUT2D eigenvalue weighted by Gasteiger charge is -2.41. The zero-order valence-electron chi connectivity index (χ0n) is 7.26. The number of carboxylic acids is 1. The standard InChI is InChI=1S/C8H12F2O3/c1-7(13,5-3-2-4-5)8(9,10)6(11)12/h5,13H,2-4H2,1H3,(H,11,12). The molecule has 0 heterocycles. The van der Waals surface area contributed by atoms with Crippen molar-refractivity contribution >= 4 is 5.97 Å². The third kappa shape index (κ3) is 1.41. The van der Waals surface area contributed by atoms with E-state index in [2.05, 4.69) is 0 Å². The number of alkyl halides is 2. The van der Waals surface area contributed by atoms with Crippen molar-refractivity contribution in [2.45, 2.75) is 37.7 Å². The molecule has 0 aliphatic heterocycles. The van der Waals surface area contributed by atoms with Gasteiger partial charge in [-0.15, -0.1) is 0 Å². The largest absolute Gasteiger partial charge is 0.477 e. The van der Waals surface area contributed by atoms with E-state index in [9.17, 15) is 18.7 Å².